The predicted octanol–water partition coefficient (Wildman–Crippen LogP) is 2.75. The molecule has 17 heavy (non-hydrogen) atoms. The van der Waals surface area contributed by atoms with E-state index in [1.165, 1.54) is 0 Å². The van der Waals surface area contributed by atoms with Gasteiger partial charge in [0.1, 0.15) is 0 Å². The quantitative estimate of drug-likeness (QED) is 0.793. The van der Waals surface area contributed by atoms with Crippen LogP contribution in [0.1, 0.15) is 37.8 Å². The van der Waals surface area contributed by atoms with Gasteiger partial charge < -0.3 is 5.11 Å². The number of benzene rings is 1. The van der Waals surface area contributed by atoms with Gasteiger partial charge >= 0.3 is 0 Å². The summed E-state index contributed by atoms with van der Waals surface area (Å²) in [5.41, 5.74) is 1.69. The van der Waals surface area contributed by atoms with Gasteiger partial charge in [0.2, 0.25) is 0 Å². The van der Waals surface area contributed by atoms with Crippen LogP contribution in [0.5, 0.6) is 0 Å². The minimum atomic E-state index is -1.31. The van der Waals surface area contributed by atoms with E-state index in [4.69, 9.17) is 0 Å². The van der Waals surface area contributed by atoms with Crippen LogP contribution >= 0.6 is 0 Å². The van der Waals surface area contributed by atoms with Gasteiger partial charge in [-0.05, 0) is 31.4 Å². The number of hydrogen-bond donors (Lipinski definition) is 1. The fourth-order valence-corrected chi connectivity index (χ4v) is 2.32. The average molecular weight is 230 g/mol. The van der Waals surface area contributed by atoms with Crippen molar-refractivity contribution in [3.63, 3.8) is 0 Å². The Kier molecular flexibility index (Phi) is 3.16. The first-order chi connectivity index (χ1) is 8.04. The smallest absolute Gasteiger partial charge is 0.169 e. The van der Waals surface area contributed by atoms with Gasteiger partial charge in [0, 0.05) is 12.8 Å². The second kappa shape index (κ2) is 4.46. The van der Waals surface area contributed by atoms with Crippen molar-refractivity contribution >= 4 is 5.78 Å². The Labute approximate surface area is 102 Å². The minimum absolute atomic E-state index is 0.0614. The molecule has 0 saturated carbocycles. The highest BCUT2D eigenvalue weighted by Crippen LogP contribution is 2.35. The van der Waals surface area contributed by atoms with Crippen LogP contribution < -0.4 is 0 Å². The van der Waals surface area contributed by atoms with Crippen LogP contribution in [0.4, 0.5) is 0 Å². The summed E-state index contributed by atoms with van der Waals surface area (Å²) in [4.78, 5) is 12.0. The molecular formula is C15H18O2. The lowest BCUT2D eigenvalue weighted by Gasteiger charge is -2.32. The Morgan fingerprint density at radius 2 is 2.06 bits per heavy atom. The van der Waals surface area contributed by atoms with E-state index in [1.54, 1.807) is 0 Å². The number of fused-ring (bicyclic) bond motifs is 1. The topological polar surface area (TPSA) is 37.3 Å². The molecule has 2 heteroatoms. The number of allylic oxidation sites excluding steroid dienone is 1. The first-order valence-corrected chi connectivity index (χ1v) is 6.01. The number of carbonyl (C=O) groups excluding carboxylic acids is 1. The first-order valence-electron chi connectivity index (χ1n) is 6.01. The SMILES string of the molecule is CC(C)=CC[C@@]1(O)C(=O)CCc2ccccc21. The summed E-state index contributed by atoms with van der Waals surface area (Å²) in [6, 6.07) is 7.70. The van der Waals surface area contributed by atoms with E-state index < -0.39 is 5.60 Å². The molecule has 0 unspecified atom stereocenters. The van der Waals surface area contributed by atoms with Gasteiger partial charge in [-0.3, -0.25) is 4.79 Å². The molecule has 0 bridgehead atoms. The Bertz CT molecular complexity index is 470. The molecule has 1 atom stereocenters. The van der Waals surface area contributed by atoms with Gasteiger partial charge in [-0.2, -0.15) is 0 Å². The number of ketones is 1. The van der Waals surface area contributed by atoms with Crippen molar-refractivity contribution in [2.45, 2.75) is 38.7 Å². The summed E-state index contributed by atoms with van der Waals surface area (Å²) in [5, 5.41) is 10.6. The van der Waals surface area contributed by atoms with Crippen molar-refractivity contribution in [2.24, 2.45) is 0 Å². The highest BCUT2D eigenvalue weighted by Gasteiger charge is 2.40. The summed E-state index contributed by atoms with van der Waals surface area (Å²) in [5.74, 6) is -0.0614. The Hall–Kier alpha value is -1.41. The van der Waals surface area contributed by atoms with Crippen LogP contribution in [-0.4, -0.2) is 10.9 Å². The zero-order valence-corrected chi connectivity index (χ0v) is 10.4. The molecule has 1 N–H and O–H groups in total. The lowest BCUT2D eigenvalue weighted by molar-refractivity contribution is -0.139. The molecule has 90 valence electrons. The van der Waals surface area contributed by atoms with Crippen molar-refractivity contribution in [3.05, 3.63) is 47.0 Å². The monoisotopic (exact) mass is 230 g/mol. The van der Waals surface area contributed by atoms with E-state index in [2.05, 4.69) is 0 Å². The van der Waals surface area contributed by atoms with E-state index in [0.717, 1.165) is 23.1 Å². The second-order valence-corrected chi connectivity index (χ2v) is 4.93. The molecule has 0 saturated heterocycles. The molecule has 1 aromatic carbocycles. The molecule has 0 aliphatic heterocycles. The van der Waals surface area contributed by atoms with E-state index >= 15 is 0 Å². The Balaban J connectivity index is 2.44. The minimum Gasteiger partial charge on any atom is -0.377 e. The van der Waals surface area contributed by atoms with Crippen molar-refractivity contribution in [1.29, 1.82) is 0 Å². The largest absolute Gasteiger partial charge is 0.377 e. The normalized spacial score (nSPS) is 23.1. The zero-order valence-electron chi connectivity index (χ0n) is 10.4. The molecule has 0 spiro atoms. The third-order valence-electron chi connectivity index (χ3n) is 3.35. The van der Waals surface area contributed by atoms with Crippen molar-refractivity contribution < 1.29 is 9.90 Å². The van der Waals surface area contributed by atoms with Gasteiger partial charge in [-0.1, -0.05) is 35.9 Å². The third-order valence-corrected chi connectivity index (χ3v) is 3.35. The number of aryl methyl sites for hydroxylation is 1. The van der Waals surface area contributed by atoms with Crippen LogP contribution in [-0.2, 0) is 16.8 Å². The van der Waals surface area contributed by atoms with Gasteiger partial charge in [-0.25, -0.2) is 0 Å². The zero-order chi connectivity index (χ0) is 12.5. The predicted molar refractivity (Wildman–Crippen MR) is 67.7 cm³/mol. The van der Waals surface area contributed by atoms with Crippen LogP contribution in [0.25, 0.3) is 0 Å². The number of hydrogen-bond acceptors (Lipinski definition) is 2. The molecule has 0 radical (unpaired) electrons. The number of Topliss-reactive ketones (excluding diaryl/α,β-unsaturated/α-hetero) is 1. The summed E-state index contributed by atoms with van der Waals surface area (Å²) >= 11 is 0. The van der Waals surface area contributed by atoms with Crippen molar-refractivity contribution in [1.82, 2.24) is 0 Å². The van der Waals surface area contributed by atoms with Crippen molar-refractivity contribution in [3.8, 4) is 0 Å². The van der Waals surface area contributed by atoms with Gasteiger partial charge in [0.25, 0.3) is 0 Å². The third kappa shape index (κ3) is 2.18. The molecule has 0 fully saturated rings. The molecular weight excluding hydrogens is 212 g/mol. The lowest BCUT2D eigenvalue weighted by Crippen LogP contribution is -2.39. The van der Waals surface area contributed by atoms with Crippen LogP contribution in [0.15, 0.2) is 35.9 Å². The van der Waals surface area contributed by atoms with Gasteiger partial charge in [0.15, 0.2) is 11.4 Å². The maximum absolute atomic E-state index is 12.0. The van der Waals surface area contributed by atoms with Crippen LogP contribution in [0.3, 0.4) is 0 Å². The molecule has 0 aromatic heterocycles. The fraction of sp³-hybridized carbons (Fsp3) is 0.400. The van der Waals surface area contributed by atoms with E-state index in [9.17, 15) is 9.90 Å². The molecule has 1 aliphatic carbocycles. The first kappa shape index (κ1) is 12.1. The van der Waals surface area contributed by atoms with Gasteiger partial charge in [0.05, 0.1) is 0 Å². The Morgan fingerprint density at radius 3 is 2.76 bits per heavy atom. The maximum Gasteiger partial charge on any atom is 0.169 e. The van der Waals surface area contributed by atoms with Gasteiger partial charge in [-0.15, -0.1) is 0 Å². The van der Waals surface area contributed by atoms with Crippen LogP contribution in [0.2, 0.25) is 0 Å². The summed E-state index contributed by atoms with van der Waals surface area (Å²) < 4.78 is 0. The van der Waals surface area contributed by atoms with Crippen LogP contribution in [0, 0.1) is 0 Å². The number of aliphatic hydroxyl groups is 1. The Morgan fingerprint density at radius 1 is 1.35 bits per heavy atom. The summed E-state index contributed by atoms with van der Waals surface area (Å²) in [6.45, 7) is 3.95. The molecule has 2 rings (SSSR count). The molecule has 0 heterocycles. The van der Waals surface area contributed by atoms with E-state index in [1.807, 2.05) is 44.2 Å². The highest BCUT2D eigenvalue weighted by atomic mass is 16.3. The summed E-state index contributed by atoms with van der Waals surface area (Å²) in [7, 11) is 0. The fourth-order valence-electron chi connectivity index (χ4n) is 2.32. The summed E-state index contributed by atoms with van der Waals surface area (Å²) in [6.07, 6.45) is 3.49. The highest BCUT2D eigenvalue weighted by molar-refractivity contribution is 5.90. The second-order valence-electron chi connectivity index (χ2n) is 4.93. The van der Waals surface area contributed by atoms with Crippen molar-refractivity contribution in [2.75, 3.05) is 0 Å². The number of carbonyl (C=O) groups is 1. The lowest BCUT2D eigenvalue weighted by atomic mass is 9.76. The standard InChI is InChI=1S/C15H18O2/c1-11(2)9-10-15(17)13-6-4-3-5-12(13)7-8-14(15)16/h3-6,9,17H,7-8,10H2,1-2H3/t15-/m0/s1. The molecule has 1 aliphatic rings. The van der Waals surface area contributed by atoms with E-state index in [-0.39, 0.29) is 5.78 Å². The molecule has 0 amide bonds. The molecule has 1 aromatic rings. The average Bonchev–Trinajstić information content (AvgIpc) is 2.32. The molecule has 2 nitrogen and oxygen atoms in total. The number of rotatable bonds is 2. The van der Waals surface area contributed by atoms with E-state index in [0.29, 0.717) is 12.8 Å². The maximum atomic E-state index is 12.0.